The summed E-state index contributed by atoms with van der Waals surface area (Å²) in [6.07, 6.45) is 0. The molecule has 90 valence electrons. The Labute approximate surface area is 113 Å². The highest BCUT2D eigenvalue weighted by Gasteiger charge is 2.10. The van der Waals surface area contributed by atoms with E-state index in [1.807, 2.05) is 42.6 Å². The molecule has 3 nitrogen and oxygen atoms in total. The lowest BCUT2D eigenvalue weighted by atomic mass is 10.2. The third-order valence-corrected chi connectivity index (χ3v) is 3.61. The molecular formula is C13H9ClN2OS. The molecule has 0 saturated carbocycles. The number of halogens is 1. The van der Waals surface area contributed by atoms with Crippen LogP contribution < -0.4 is 0 Å². The summed E-state index contributed by atoms with van der Waals surface area (Å²) in [5.41, 5.74) is 2.74. The van der Waals surface area contributed by atoms with E-state index in [2.05, 4.69) is 10.1 Å². The fourth-order valence-corrected chi connectivity index (χ4v) is 2.52. The van der Waals surface area contributed by atoms with E-state index in [0.29, 0.717) is 0 Å². The fraction of sp³-hybridized carbons (Fsp3) is 0.0769. The summed E-state index contributed by atoms with van der Waals surface area (Å²) in [6.45, 7) is 1.87. The van der Waals surface area contributed by atoms with Gasteiger partial charge in [0.15, 0.2) is 0 Å². The molecule has 0 N–H and O–H groups in total. The number of nitrogens with zero attached hydrogens (tertiary/aromatic N) is 2. The van der Waals surface area contributed by atoms with Gasteiger partial charge in [-0.2, -0.15) is 0 Å². The Hall–Kier alpha value is -1.65. The van der Waals surface area contributed by atoms with E-state index in [4.69, 9.17) is 16.1 Å². The topological polar surface area (TPSA) is 38.9 Å². The summed E-state index contributed by atoms with van der Waals surface area (Å²) >= 11 is 7.41. The molecule has 0 saturated heterocycles. The number of rotatable bonds is 2. The van der Waals surface area contributed by atoms with E-state index >= 15 is 0 Å². The number of benzene rings is 1. The lowest BCUT2D eigenvalue weighted by Gasteiger charge is -1.95. The quantitative estimate of drug-likeness (QED) is 0.695. The minimum Gasteiger partial charge on any atom is -0.361 e. The number of hydrogen-bond acceptors (Lipinski definition) is 4. The van der Waals surface area contributed by atoms with Gasteiger partial charge in [-0.15, -0.1) is 11.3 Å². The zero-order valence-electron chi connectivity index (χ0n) is 9.55. The van der Waals surface area contributed by atoms with E-state index in [9.17, 15) is 0 Å². The highest BCUT2D eigenvalue weighted by Crippen LogP contribution is 2.29. The summed E-state index contributed by atoms with van der Waals surface area (Å²) in [5, 5.41) is 7.54. The first-order chi connectivity index (χ1) is 8.72. The molecule has 0 fully saturated rings. The smallest absolute Gasteiger partial charge is 0.146 e. The first-order valence-corrected chi connectivity index (χ1v) is 6.63. The molecule has 0 radical (unpaired) electrons. The molecule has 2 aromatic heterocycles. The van der Waals surface area contributed by atoms with Crippen molar-refractivity contribution in [2.24, 2.45) is 0 Å². The van der Waals surface area contributed by atoms with E-state index in [1.165, 1.54) is 0 Å². The Balaban J connectivity index is 1.96. The van der Waals surface area contributed by atoms with Crippen LogP contribution in [0.25, 0.3) is 22.0 Å². The van der Waals surface area contributed by atoms with Crippen molar-refractivity contribution in [3.8, 4) is 22.0 Å². The standard InChI is InChI=1S/C13H9ClN2OS/c1-8-6-11(16-17-8)13-15-12(7-18-13)9-2-4-10(14)5-3-9/h2-7H,1H3. The number of aromatic nitrogens is 2. The van der Waals surface area contributed by atoms with Crippen molar-refractivity contribution in [3.63, 3.8) is 0 Å². The highest BCUT2D eigenvalue weighted by atomic mass is 35.5. The molecule has 18 heavy (non-hydrogen) atoms. The molecule has 0 amide bonds. The lowest BCUT2D eigenvalue weighted by molar-refractivity contribution is 0.399. The third kappa shape index (κ3) is 2.17. The highest BCUT2D eigenvalue weighted by molar-refractivity contribution is 7.13. The van der Waals surface area contributed by atoms with Gasteiger partial charge in [-0.05, 0) is 19.1 Å². The fourth-order valence-electron chi connectivity index (χ4n) is 1.61. The van der Waals surface area contributed by atoms with E-state index in [-0.39, 0.29) is 0 Å². The van der Waals surface area contributed by atoms with Crippen LogP contribution >= 0.6 is 22.9 Å². The molecule has 0 bridgehead atoms. The van der Waals surface area contributed by atoms with Crippen LogP contribution in [0.4, 0.5) is 0 Å². The van der Waals surface area contributed by atoms with Crippen LogP contribution in [-0.4, -0.2) is 10.1 Å². The Bertz CT molecular complexity index is 672. The summed E-state index contributed by atoms with van der Waals surface area (Å²) in [7, 11) is 0. The van der Waals surface area contributed by atoms with Crippen molar-refractivity contribution in [1.82, 2.24) is 10.1 Å². The van der Waals surface area contributed by atoms with Gasteiger partial charge in [-0.25, -0.2) is 4.98 Å². The second-order valence-electron chi connectivity index (χ2n) is 3.87. The van der Waals surface area contributed by atoms with Gasteiger partial charge in [-0.3, -0.25) is 0 Å². The van der Waals surface area contributed by atoms with Crippen LogP contribution in [0.3, 0.4) is 0 Å². The molecule has 2 heterocycles. The van der Waals surface area contributed by atoms with Crippen LogP contribution in [0.2, 0.25) is 5.02 Å². The zero-order valence-corrected chi connectivity index (χ0v) is 11.1. The molecule has 1 aromatic carbocycles. The van der Waals surface area contributed by atoms with Gasteiger partial charge in [0.25, 0.3) is 0 Å². The average Bonchev–Trinajstić information content (AvgIpc) is 2.98. The molecule has 3 aromatic rings. The summed E-state index contributed by atoms with van der Waals surface area (Å²) < 4.78 is 5.05. The van der Waals surface area contributed by atoms with Gasteiger partial charge in [0, 0.05) is 22.0 Å². The van der Waals surface area contributed by atoms with E-state index < -0.39 is 0 Å². The Morgan fingerprint density at radius 3 is 2.61 bits per heavy atom. The van der Waals surface area contributed by atoms with Gasteiger partial charge < -0.3 is 4.52 Å². The molecule has 5 heteroatoms. The van der Waals surface area contributed by atoms with Crippen molar-refractivity contribution in [2.45, 2.75) is 6.92 Å². The first kappa shape index (κ1) is 11.4. The van der Waals surface area contributed by atoms with Gasteiger partial charge in [-0.1, -0.05) is 28.9 Å². The minimum absolute atomic E-state index is 0.723. The van der Waals surface area contributed by atoms with Crippen LogP contribution in [0.1, 0.15) is 5.76 Å². The molecule has 0 atom stereocenters. The third-order valence-electron chi connectivity index (χ3n) is 2.49. The first-order valence-electron chi connectivity index (χ1n) is 5.37. The molecule has 0 aliphatic carbocycles. The Kier molecular flexibility index (Phi) is 2.89. The molecule has 0 spiro atoms. The number of hydrogen-bond donors (Lipinski definition) is 0. The Morgan fingerprint density at radius 1 is 1.17 bits per heavy atom. The monoisotopic (exact) mass is 276 g/mol. The van der Waals surface area contributed by atoms with E-state index in [0.717, 1.165) is 32.7 Å². The van der Waals surface area contributed by atoms with Crippen molar-refractivity contribution in [2.75, 3.05) is 0 Å². The largest absolute Gasteiger partial charge is 0.361 e. The predicted molar refractivity (Wildman–Crippen MR) is 72.8 cm³/mol. The second kappa shape index (κ2) is 4.55. The van der Waals surface area contributed by atoms with Crippen LogP contribution in [0.5, 0.6) is 0 Å². The SMILES string of the molecule is Cc1cc(-c2nc(-c3ccc(Cl)cc3)cs2)no1. The van der Waals surface area contributed by atoms with E-state index in [1.54, 1.807) is 11.3 Å². The van der Waals surface area contributed by atoms with Gasteiger partial charge in [0.05, 0.1) is 5.69 Å². The zero-order chi connectivity index (χ0) is 12.5. The predicted octanol–water partition coefficient (Wildman–Crippen LogP) is 4.43. The maximum Gasteiger partial charge on any atom is 0.146 e. The molecule has 0 aliphatic heterocycles. The average molecular weight is 277 g/mol. The van der Waals surface area contributed by atoms with Crippen LogP contribution in [0, 0.1) is 6.92 Å². The van der Waals surface area contributed by atoms with Crippen LogP contribution in [0.15, 0.2) is 40.2 Å². The second-order valence-corrected chi connectivity index (χ2v) is 5.16. The molecule has 0 unspecified atom stereocenters. The van der Waals surface area contributed by atoms with Crippen LogP contribution in [-0.2, 0) is 0 Å². The molecule has 3 rings (SSSR count). The summed E-state index contributed by atoms with van der Waals surface area (Å²) in [6, 6.07) is 9.50. The number of aryl methyl sites for hydroxylation is 1. The normalized spacial score (nSPS) is 10.8. The minimum atomic E-state index is 0.723. The summed E-state index contributed by atoms with van der Waals surface area (Å²) in [4.78, 5) is 4.55. The van der Waals surface area contributed by atoms with Gasteiger partial charge in [0.2, 0.25) is 0 Å². The van der Waals surface area contributed by atoms with Crippen molar-refractivity contribution in [3.05, 3.63) is 46.5 Å². The van der Waals surface area contributed by atoms with Gasteiger partial charge in [0.1, 0.15) is 16.5 Å². The van der Waals surface area contributed by atoms with Crippen molar-refractivity contribution < 1.29 is 4.52 Å². The molecular weight excluding hydrogens is 268 g/mol. The molecule has 0 aliphatic rings. The maximum atomic E-state index is 5.86. The lowest BCUT2D eigenvalue weighted by Crippen LogP contribution is -1.79. The van der Waals surface area contributed by atoms with Crippen molar-refractivity contribution >= 4 is 22.9 Å². The number of thiazole rings is 1. The van der Waals surface area contributed by atoms with Gasteiger partial charge >= 0.3 is 0 Å². The van der Waals surface area contributed by atoms with Crippen molar-refractivity contribution in [1.29, 1.82) is 0 Å². The Morgan fingerprint density at radius 2 is 1.94 bits per heavy atom. The maximum absolute atomic E-state index is 5.86. The summed E-state index contributed by atoms with van der Waals surface area (Å²) in [5.74, 6) is 0.785.